The topological polar surface area (TPSA) is 44.1 Å². The quantitative estimate of drug-likeness (QED) is 0.577. The molecule has 0 amide bonds. The zero-order valence-electron chi connectivity index (χ0n) is 10.3. The van der Waals surface area contributed by atoms with Crippen LogP contribution < -0.4 is 0 Å². The van der Waals surface area contributed by atoms with E-state index >= 15 is 0 Å². The zero-order valence-corrected chi connectivity index (χ0v) is 10.3. The van der Waals surface area contributed by atoms with E-state index in [4.69, 9.17) is 4.74 Å². The minimum atomic E-state index is -0.270. The number of hydrogen-bond donors (Lipinski definition) is 0. The van der Waals surface area contributed by atoms with Gasteiger partial charge in [0.15, 0.2) is 0 Å². The summed E-state index contributed by atoms with van der Waals surface area (Å²) < 4.78 is 6.67. The summed E-state index contributed by atoms with van der Waals surface area (Å²) in [5, 5.41) is 4.31. The molecule has 1 aromatic heterocycles. The number of esters is 1. The van der Waals surface area contributed by atoms with Crippen molar-refractivity contribution < 1.29 is 9.53 Å². The number of aryl methyl sites for hydroxylation is 2. The lowest BCUT2D eigenvalue weighted by Crippen LogP contribution is -2.04. The van der Waals surface area contributed by atoms with Gasteiger partial charge < -0.3 is 4.74 Å². The van der Waals surface area contributed by atoms with Gasteiger partial charge in [0.2, 0.25) is 0 Å². The van der Waals surface area contributed by atoms with Crippen LogP contribution in [0.4, 0.5) is 0 Å². The van der Waals surface area contributed by atoms with Gasteiger partial charge in [-0.3, -0.25) is 4.68 Å². The molecular formula is C12H18N2O2. The molecule has 88 valence electrons. The van der Waals surface area contributed by atoms with Crippen molar-refractivity contribution in [1.82, 2.24) is 9.78 Å². The van der Waals surface area contributed by atoms with Gasteiger partial charge in [-0.25, -0.2) is 4.79 Å². The highest BCUT2D eigenvalue weighted by atomic mass is 16.5. The van der Waals surface area contributed by atoms with E-state index in [-0.39, 0.29) is 5.97 Å². The average molecular weight is 222 g/mol. The Kier molecular flexibility index (Phi) is 4.28. The molecule has 1 heterocycles. The van der Waals surface area contributed by atoms with Crippen molar-refractivity contribution in [2.75, 3.05) is 6.61 Å². The second-order valence-electron chi connectivity index (χ2n) is 3.61. The van der Waals surface area contributed by atoms with Crippen molar-refractivity contribution in [2.45, 2.75) is 27.2 Å². The second kappa shape index (κ2) is 5.49. The number of hydrogen-bond acceptors (Lipinski definition) is 3. The van der Waals surface area contributed by atoms with E-state index in [0.29, 0.717) is 12.2 Å². The Bertz CT molecular complexity index is 405. The summed E-state index contributed by atoms with van der Waals surface area (Å²) in [4.78, 5) is 11.4. The largest absolute Gasteiger partial charge is 0.463 e. The molecule has 0 spiro atoms. The van der Waals surface area contributed by atoms with E-state index in [0.717, 1.165) is 17.7 Å². The Balaban J connectivity index is 2.92. The number of nitrogens with zero attached hydrogens (tertiary/aromatic N) is 2. The standard InChI is InChI=1S/C12H18N2O2/c1-5-11-10(8-14(4)13-11)7-9(3)12(15)16-6-2/h7-8H,5-6H2,1-4H3. The minimum Gasteiger partial charge on any atom is -0.463 e. The van der Waals surface area contributed by atoms with Crippen molar-refractivity contribution in [1.29, 1.82) is 0 Å². The average Bonchev–Trinajstić information content (AvgIpc) is 2.59. The summed E-state index contributed by atoms with van der Waals surface area (Å²) in [7, 11) is 1.87. The van der Waals surface area contributed by atoms with Crippen LogP contribution in [0.25, 0.3) is 6.08 Å². The molecule has 0 atom stereocenters. The van der Waals surface area contributed by atoms with Crippen LogP contribution >= 0.6 is 0 Å². The third-order valence-electron chi connectivity index (χ3n) is 2.24. The Morgan fingerprint density at radius 2 is 2.25 bits per heavy atom. The monoisotopic (exact) mass is 222 g/mol. The van der Waals surface area contributed by atoms with Crippen LogP contribution in [0.5, 0.6) is 0 Å². The first kappa shape index (κ1) is 12.5. The van der Waals surface area contributed by atoms with Gasteiger partial charge in [0.05, 0.1) is 12.3 Å². The molecule has 16 heavy (non-hydrogen) atoms. The molecule has 0 N–H and O–H groups in total. The number of rotatable bonds is 4. The van der Waals surface area contributed by atoms with Crippen LogP contribution in [-0.4, -0.2) is 22.4 Å². The summed E-state index contributed by atoms with van der Waals surface area (Å²) in [6, 6.07) is 0. The van der Waals surface area contributed by atoms with Gasteiger partial charge in [0, 0.05) is 24.4 Å². The van der Waals surface area contributed by atoms with Crippen LogP contribution in [-0.2, 0) is 23.0 Å². The molecule has 0 unspecified atom stereocenters. The fraction of sp³-hybridized carbons (Fsp3) is 0.500. The van der Waals surface area contributed by atoms with Gasteiger partial charge in [0.1, 0.15) is 0 Å². The van der Waals surface area contributed by atoms with E-state index in [9.17, 15) is 4.79 Å². The van der Waals surface area contributed by atoms with E-state index in [1.807, 2.05) is 26.2 Å². The number of ether oxygens (including phenoxy) is 1. The molecule has 4 nitrogen and oxygen atoms in total. The molecule has 1 rings (SSSR count). The normalized spacial score (nSPS) is 11.6. The highest BCUT2D eigenvalue weighted by molar-refractivity contribution is 5.93. The van der Waals surface area contributed by atoms with Crippen LogP contribution in [0.2, 0.25) is 0 Å². The summed E-state index contributed by atoms with van der Waals surface area (Å²) in [6.07, 6.45) is 4.58. The Hall–Kier alpha value is -1.58. The summed E-state index contributed by atoms with van der Waals surface area (Å²) >= 11 is 0. The third-order valence-corrected chi connectivity index (χ3v) is 2.24. The molecule has 0 saturated heterocycles. The molecule has 0 aromatic carbocycles. The lowest BCUT2D eigenvalue weighted by Gasteiger charge is -2.01. The van der Waals surface area contributed by atoms with Crippen LogP contribution in [0, 0.1) is 0 Å². The Labute approximate surface area is 95.9 Å². The first-order chi connectivity index (χ1) is 7.58. The Morgan fingerprint density at radius 1 is 1.56 bits per heavy atom. The molecule has 0 radical (unpaired) electrons. The molecule has 0 saturated carbocycles. The smallest absolute Gasteiger partial charge is 0.333 e. The van der Waals surface area contributed by atoms with Gasteiger partial charge in [-0.05, 0) is 26.3 Å². The van der Waals surface area contributed by atoms with Crippen molar-refractivity contribution >= 4 is 12.0 Å². The molecule has 4 heteroatoms. The predicted octanol–water partition coefficient (Wildman–Crippen LogP) is 1.95. The molecule has 0 aliphatic heterocycles. The van der Waals surface area contributed by atoms with Crippen LogP contribution in [0.3, 0.4) is 0 Å². The fourth-order valence-corrected chi connectivity index (χ4v) is 1.49. The summed E-state index contributed by atoms with van der Waals surface area (Å²) in [5.41, 5.74) is 2.58. The van der Waals surface area contributed by atoms with E-state index in [2.05, 4.69) is 5.10 Å². The molecular weight excluding hydrogens is 204 g/mol. The van der Waals surface area contributed by atoms with E-state index < -0.39 is 0 Å². The molecule has 0 bridgehead atoms. The first-order valence-corrected chi connectivity index (χ1v) is 5.46. The van der Waals surface area contributed by atoms with Gasteiger partial charge in [-0.15, -0.1) is 0 Å². The SMILES string of the molecule is CCOC(=O)C(C)=Cc1cn(C)nc1CC. The molecule has 0 aliphatic carbocycles. The minimum absolute atomic E-state index is 0.270. The van der Waals surface area contributed by atoms with Gasteiger partial charge in [-0.2, -0.15) is 5.10 Å². The number of carbonyl (C=O) groups excluding carboxylic acids is 1. The first-order valence-electron chi connectivity index (χ1n) is 5.46. The maximum atomic E-state index is 11.4. The predicted molar refractivity (Wildman–Crippen MR) is 62.9 cm³/mol. The van der Waals surface area contributed by atoms with Crippen LogP contribution in [0.15, 0.2) is 11.8 Å². The van der Waals surface area contributed by atoms with Crippen molar-refractivity contribution in [3.8, 4) is 0 Å². The highest BCUT2D eigenvalue weighted by Gasteiger charge is 2.08. The lowest BCUT2D eigenvalue weighted by molar-refractivity contribution is -0.138. The highest BCUT2D eigenvalue weighted by Crippen LogP contribution is 2.12. The molecule has 0 fully saturated rings. The van der Waals surface area contributed by atoms with Crippen molar-refractivity contribution in [2.24, 2.45) is 7.05 Å². The maximum Gasteiger partial charge on any atom is 0.333 e. The van der Waals surface area contributed by atoms with Gasteiger partial charge >= 0.3 is 5.97 Å². The Morgan fingerprint density at radius 3 is 2.81 bits per heavy atom. The molecule has 1 aromatic rings. The zero-order chi connectivity index (χ0) is 12.1. The van der Waals surface area contributed by atoms with E-state index in [1.165, 1.54) is 0 Å². The summed E-state index contributed by atoms with van der Waals surface area (Å²) in [5.74, 6) is -0.270. The number of aromatic nitrogens is 2. The fourth-order valence-electron chi connectivity index (χ4n) is 1.49. The second-order valence-corrected chi connectivity index (χ2v) is 3.61. The maximum absolute atomic E-state index is 11.4. The van der Waals surface area contributed by atoms with Crippen LogP contribution in [0.1, 0.15) is 32.0 Å². The van der Waals surface area contributed by atoms with Crippen molar-refractivity contribution in [3.63, 3.8) is 0 Å². The molecule has 0 aliphatic rings. The van der Waals surface area contributed by atoms with Gasteiger partial charge in [0.25, 0.3) is 0 Å². The van der Waals surface area contributed by atoms with E-state index in [1.54, 1.807) is 18.5 Å². The van der Waals surface area contributed by atoms with Crippen molar-refractivity contribution in [3.05, 3.63) is 23.0 Å². The lowest BCUT2D eigenvalue weighted by atomic mass is 10.1. The number of carbonyl (C=O) groups is 1. The summed E-state index contributed by atoms with van der Waals surface area (Å²) in [6.45, 7) is 5.99. The van der Waals surface area contributed by atoms with Gasteiger partial charge in [-0.1, -0.05) is 6.92 Å². The third kappa shape index (κ3) is 2.95.